The lowest BCUT2D eigenvalue weighted by molar-refractivity contribution is -0.146. The second-order valence-corrected chi connectivity index (χ2v) is 3.97. The van der Waals surface area contributed by atoms with E-state index in [1.54, 1.807) is 23.1 Å². The second-order valence-electron chi connectivity index (χ2n) is 3.97. The standard InChI is InChI=1S/C14H16N2O2/c1-2-11-18-14(17)13(16-10-6-9-15-16)12-7-4-3-5-8-12/h3-10,13H,2,11H2,1H3. The number of carbonyl (C=O) groups is 1. The Bertz CT molecular complexity index is 480. The van der Waals surface area contributed by atoms with E-state index in [9.17, 15) is 4.79 Å². The number of aromatic nitrogens is 2. The third kappa shape index (κ3) is 2.77. The lowest BCUT2D eigenvalue weighted by Crippen LogP contribution is -2.23. The first-order valence-corrected chi connectivity index (χ1v) is 6.03. The van der Waals surface area contributed by atoms with Crippen LogP contribution in [0.15, 0.2) is 48.8 Å². The largest absolute Gasteiger partial charge is 0.464 e. The number of carbonyl (C=O) groups excluding carboxylic acids is 1. The molecule has 2 rings (SSSR count). The van der Waals surface area contributed by atoms with Crippen LogP contribution in [-0.4, -0.2) is 22.4 Å². The Hall–Kier alpha value is -2.10. The summed E-state index contributed by atoms with van der Waals surface area (Å²) in [5.41, 5.74) is 0.877. The molecule has 1 aromatic heterocycles. The van der Waals surface area contributed by atoms with Crippen molar-refractivity contribution >= 4 is 5.97 Å². The van der Waals surface area contributed by atoms with Gasteiger partial charge in [0.05, 0.1) is 6.61 Å². The van der Waals surface area contributed by atoms with Gasteiger partial charge in [-0.15, -0.1) is 0 Å². The summed E-state index contributed by atoms with van der Waals surface area (Å²) in [7, 11) is 0. The van der Waals surface area contributed by atoms with E-state index in [1.807, 2.05) is 37.3 Å². The number of hydrogen-bond donors (Lipinski definition) is 0. The van der Waals surface area contributed by atoms with Gasteiger partial charge in [-0.2, -0.15) is 5.10 Å². The monoisotopic (exact) mass is 244 g/mol. The van der Waals surface area contributed by atoms with Crippen molar-refractivity contribution in [3.05, 3.63) is 54.4 Å². The van der Waals surface area contributed by atoms with E-state index in [-0.39, 0.29) is 5.97 Å². The molecule has 1 heterocycles. The fourth-order valence-corrected chi connectivity index (χ4v) is 1.75. The SMILES string of the molecule is CCCOC(=O)C(c1ccccc1)n1cccn1. The highest BCUT2D eigenvalue weighted by molar-refractivity contribution is 5.77. The maximum Gasteiger partial charge on any atom is 0.335 e. The first kappa shape index (κ1) is 12.4. The van der Waals surface area contributed by atoms with Gasteiger partial charge in [-0.05, 0) is 18.1 Å². The Morgan fingerprint density at radius 2 is 2.11 bits per heavy atom. The maximum absolute atomic E-state index is 12.1. The van der Waals surface area contributed by atoms with E-state index >= 15 is 0 Å². The van der Waals surface area contributed by atoms with Crippen molar-refractivity contribution in [1.29, 1.82) is 0 Å². The molecule has 0 N–H and O–H groups in total. The molecule has 0 aliphatic rings. The lowest BCUT2D eigenvalue weighted by atomic mass is 10.1. The molecule has 0 saturated carbocycles. The van der Waals surface area contributed by atoms with Gasteiger partial charge in [0.1, 0.15) is 0 Å². The zero-order chi connectivity index (χ0) is 12.8. The summed E-state index contributed by atoms with van der Waals surface area (Å²) >= 11 is 0. The van der Waals surface area contributed by atoms with Crippen molar-refractivity contribution < 1.29 is 9.53 Å². The van der Waals surface area contributed by atoms with Gasteiger partial charge in [-0.1, -0.05) is 37.3 Å². The summed E-state index contributed by atoms with van der Waals surface area (Å²) in [6.45, 7) is 2.40. The van der Waals surface area contributed by atoms with Crippen LogP contribution in [-0.2, 0) is 9.53 Å². The number of esters is 1. The first-order valence-electron chi connectivity index (χ1n) is 6.03. The van der Waals surface area contributed by atoms with Crippen LogP contribution in [0.5, 0.6) is 0 Å². The Balaban J connectivity index is 2.27. The zero-order valence-corrected chi connectivity index (χ0v) is 10.3. The van der Waals surface area contributed by atoms with Crippen molar-refractivity contribution in [2.45, 2.75) is 19.4 Å². The number of ether oxygens (including phenoxy) is 1. The molecule has 1 unspecified atom stereocenters. The van der Waals surface area contributed by atoms with Crippen molar-refractivity contribution in [2.75, 3.05) is 6.61 Å². The van der Waals surface area contributed by atoms with Crippen LogP contribution < -0.4 is 0 Å². The van der Waals surface area contributed by atoms with E-state index in [4.69, 9.17) is 4.74 Å². The fourth-order valence-electron chi connectivity index (χ4n) is 1.75. The predicted octanol–water partition coefficient (Wildman–Crippen LogP) is 2.43. The molecule has 0 saturated heterocycles. The highest BCUT2D eigenvalue weighted by Gasteiger charge is 2.23. The summed E-state index contributed by atoms with van der Waals surface area (Å²) in [6.07, 6.45) is 4.24. The van der Waals surface area contributed by atoms with E-state index in [2.05, 4.69) is 5.10 Å². The van der Waals surface area contributed by atoms with Gasteiger partial charge in [0.25, 0.3) is 0 Å². The topological polar surface area (TPSA) is 44.1 Å². The number of rotatable bonds is 5. The molecule has 0 spiro atoms. The first-order chi connectivity index (χ1) is 8.83. The summed E-state index contributed by atoms with van der Waals surface area (Å²) in [6, 6.07) is 10.8. The average Bonchev–Trinajstić information content (AvgIpc) is 2.92. The number of benzene rings is 1. The third-order valence-electron chi connectivity index (χ3n) is 2.58. The lowest BCUT2D eigenvalue weighted by Gasteiger charge is -2.16. The van der Waals surface area contributed by atoms with Crippen molar-refractivity contribution in [2.24, 2.45) is 0 Å². The quantitative estimate of drug-likeness (QED) is 0.759. The zero-order valence-electron chi connectivity index (χ0n) is 10.3. The number of hydrogen-bond acceptors (Lipinski definition) is 3. The molecule has 0 aliphatic carbocycles. The van der Waals surface area contributed by atoms with Crippen LogP contribution in [0.1, 0.15) is 24.9 Å². The number of nitrogens with zero attached hydrogens (tertiary/aromatic N) is 2. The Kier molecular flexibility index (Phi) is 4.12. The molecule has 2 aromatic rings. The summed E-state index contributed by atoms with van der Waals surface area (Å²) in [5, 5.41) is 4.14. The molecule has 4 nitrogen and oxygen atoms in total. The fraction of sp³-hybridized carbons (Fsp3) is 0.286. The molecule has 0 fully saturated rings. The molecule has 1 atom stereocenters. The molecular weight excluding hydrogens is 228 g/mol. The second kappa shape index (κ2) is 6.00. The minimum atomic E-state index is -0.507. The van der Waals surface area contributed by atoms with Gasteiger partial charge in [0.2, 0.25) is 0 Å². The van der Waals surface area contributed by atoms with Crippen molar-refractivity contribution in [1.82, 2.24) is 9.78 Å². The molecule has 0 aliphatic heterocycles. The molecule has 1 aromatic carbocycles. The summed E-state index contributed by atoms with van der Waals surface area (Å²) in [5.74, 6) is -0.272. The van der Waals surface area contributed by atoms with Crippen molar-refractivity contribution in [3.8, 4) is 0 Å². The Morgan fingerprint density at radius 3 is 2.72 bits per heavy atom. The average molecular weight is 244 g/mol. The molecule has 4 heteroatoms. The predicted molar refractivity (Wildman–Crippen MR) is 68.1 cm³/mol. The van der Waals surface area contributed by atoms with Gasteiger partial charge in [0.15, 0.2) is 6.04 Å². The highest BCUT2D eigenvalue weighted by atomic mass is 16.5. The minimum Gasteiger partial charge on any atom is -0.464 e. The van der Waals surface area contributed by atoms with Crippen LogP contribution in [0, 0.1) is 0 Å². The van der Waals surface area contributed by atoms with E-state index in [0.29, 0.717) is 6.61 Å². The molecular formula is C14H16N2O2. The van der Waals surface area contributed by atoms with Gasteiger partial charge < -0.3 is 4.74 Å². The van der Waals surface area contributed by atoms with E-state index in [1.165, 1.54) is 0 Å². The van der Waals surface area contributed by atoms with E-state index in [0.717, 1.165) is 12.0 Å². The minimum absolute atomic E-state index is 0.272. The normalized spacial score (nSPS) is 12.1. The molecule has 94 valence electrons. The van der Waals surface area contributed by atoms with Crippen LogP contribution in [0.25, 0.3) is 0 Å². The van der Waals surface area contributed by atoms with Crippen LogP contribution in [0.2, 0.25) is 0 Å². The molecule has 0 bridgehead atoms. The third-order valence-corrected chi connectivity index (χ3v) is 2.58. The van der Waals surface area contributed by atoms with Crippen LogP contribution >= 0.6 is 0 Å². The highest BCUT2D eigenvalue weighted by Crippen LogP contribution is 2.18. The molecule has 18 heavy (non-hydrogen) atoms. The van der Waals surface area contributed by atoms with Crippen LogP contribution in [0.4, 0.5) is 0 Å². The van der Waals surface area contributed by atoms with E-state index < -0.39 is 6.04 Å². The maximum atomic E-state index is 12.1. The molecule has 0 radical (unpaired) electrons. The van der Waals surface area contributed by atoms with Crippen LogP contribution in [0.3, 0.4) is 0 Å². The van der Waals surface area contributed by atoms with Gasteiger partial charge in [0, 0.05) is 12.4 Å². The summed E-state index contributed by atoms with van der Waals surface area (Å²) < 4.78 is 6.85. The summed E-state index contributed by atoms with van der Waals surface area (Å²) in [4.78, 5) is 12.1. The van der Waals surface area contributed by atoms with Gasteiger partial charge >= 0.3 is 5.97 Å². The Labute approximate surface area is 106 Å². The smallest absolute Gasteiger partial charge is 0.335 e. The van der Waals surface area contributed by atoms with Gasteiger partial charge in [-0.25, -0.2) is 4.79 Å². The van der Waals surface area contributed by atoms with Crippen molar-refractivity contribution in [3.63, 3.8) is 0 Å². The van der Waals surface area contributed by atoms with Gasteiger partial charge in [-0.3, -0.25) is 4.68 Å². The Morgan fingerprint density at radius 1 is 1.33 bits per heavy atom. The molecule has 0 amide bonds.